The van der Waals surface area contributed by atoms with Crippen LogP contribution in [0.15, 0.2) is 30.8 Å². The Hall–Kier alpha value is -1.57. The van der Waals surface area contributed by atoms with E-state index in [0.29, 0.717) is 5.56 Å². The summed E-state index contributed by atoms with van der Waals surface area (Å²) in [6.45, 7) is 5.70. The molecule has 0 heterocycles. The van der Waals surface area contributed by atoms with Gasteiger partial charge in [-0.3, -0.25) is 4.79 Å². The lowest BCUT2D eigenvalue weighted by molar-refractivity contribution is 0.100. The quantitative estimate of drug-likeness (QED) is 0.706. The second kappa shape index (κ2) is 3.22. The molecule has 0 aliphatic heterocycles. The molecule has 0 aliphatic rings. The van der Waals surface area contributed by atoms with Gasteiger partial charge in [0.15, 0.2) is 0 Å². The number of hydrogen-bond acceptors (Lipinski definition) is 1. The molecule has 12 heavy (non-hydrogen) atoms. The molecule has 2 N–H and O–H groups in total. The van der Waals surface area contributed by atoms with Gasteiger partial charge < -0.3 is 5.73 Å². The fourth-order valence-corrected chi connectivity index (χ4v) is 0.919. The number of carbonyl (C=O) groups excluding carboxylic acids is 1. The highest BCUT2D eigenvalue weighted by Crippen LogP contribution is 2.11. The smallest absolute Gasteiger partial charge is 0.248 e. The third-order valence-corrected chi connectivity index (χ3v) is 1.66. The van der Waals surface area contributed by atoms with Gasteiger partial charge in [-0.1, -0.05) is 24.3 Å². The molecule has 0 bridgehead atoms. The van der Waals surface area contributed by atoms with Crippen LogP contribution in [0.25, 0.3) is 5.57 Å². The minimum atomic E-state index is -0.400. The summed E-state index contributed by atoms with van der Waals surface area (Å²) in [4.78, 5) is 10.7. The Labute approximate surface area is 71.7 Å². The first-order valence-electron chi connectivity index (χ1n) is 3.67. The van der Waals surface area contributed by atoms with Gasteiger partial charge in [-0.15, -0.1) is 0 Å². The molecule has 0 saturated carbocycles. The first-order valence-corrected chi connectivity index (χ1v) is 3.67. The fraction of sp³-hybridized carbons (Fsp3) is 0.100. The van der Waals surface area contributed by atoms with Crippen LogP contribution in [0.2, 0.25) is 0 Å². The zero-order valence-corrected chi connectivity index (χ0v) is 7.00. The van der Waals surface area contributed by atoms with Crippen molar-refractivity contribution in [3.8, 4) is 0 Å². The van der Waals surface area contributed by atoms with E-state index >= 15 is 0 Å². The Bertz CT molecular complexity index is 278. The van der Waals surface area contributed by atoms with E-state index in [1.54, 1.807) is 12.1 Å². The molecule has 1 rings (SSSR count). The van der Waals surface area contributed by atoms with E-state index in [-0.39, 0.29) is 0 Å². The lowest BCUT2D eigenvalue weighted by atomic mass is 10.1. The number of hydrogen-bond donors (Lipinski definition) is 1. The summed E-state index contributed by atoms with van der Waals surface area (Å²) in [6, 6.07) is 7.07. The molecule has 1 aromatic rings. The second-order valence-electron chi connectivity index (χ2n) is 2.72. The van der Waals surface area contributed by atoms with Gasteiger partial charge in [0.05, 0.1) is 0 Å². The van der Waals surface area contributed by atoms with E-state index in [1.165, 1.54) is 0 Å². The largest absolute Gasteiger partial charge is 0.366 e. The van der Waals surface area contributed by atoms with Gasteiger partial charge in [-0.05, 0) is 24.6 Å². The number of amides is 1. The van der Waals surface area contributed by atoms with E-state index in [1.807, 2.05) is 19.1 Å². The predicted octanol–water partition coefficient (Wildman–Crippen LogP) is 1.82. The topological polar surface area (TPSA) is 43.1 Å². The summed E-state index contributed by atoms with van der Waals surface area (Å²) >= 11 is 0. The summed E-state index contributed by atoms with van der Waals surface area (Å²) in [5.74, 6) is -0.400. The van der Waals surface area contributed by atoms with Crippen molar-refractivity contribution in [1.29, 1.82) is 0 Å². The maximum atomic E-state index is 10.7. The molecule has 0 unspecified atom stereocenters. The fourth-order valence-electron chi connectivity index (χ4n) is 0.919. The third kappa shape index (κ3) is 1.72. The molecule has 0 radical (unpaired) electrons. The molecule has 0 aromatic heterocycles. The van der Waals surface area contributed by atoms with Crippen molar-refractivity contribution in [2.75, 3.05) is 0 Å². The molecule has 2 heteroatoms. The van der Waals surface area contributed by atoms with Gasteiger partial charge in [0.1, 0.15) is 0 Å². The zero-order valence-electron chi connectivity index (χ0n) is 7.00. The number of nitrogens with two attached hydrogens (primary N) is 1. The Morgan fingerprint density at radius 3 is 2.00 bits per heavy atom. The van der Waals surface area contributed by atoms with Crippen molar-refractivity contribution in [2.45, 2.75) is 6.92 Å². The Kier molecular flexibility index (Phi) is 2.29. The van der Waals surface area contributed by atoms with Crippen molar-refractivity contribution in [1.82, 2.24) is 0 Å². The van der Waals surface area contributed by atoms with Crippen LogP contribution in [0.5, 0.6) is 0 Å². The summed E-state index contributed by atoms with van der Waals surface area (Å²) in [7, 11) is 0. The first-order chi connectivity index (χ1) is 5.61. The normalized spacial score (nSPS) is 9.42. The molecule has 62 valence electrons. The van der Waals surface area contributed by atoms with E-state index in [4.69, 9.17) is 5.73 Å². The van der Waals surface area contributed by atoms with Crippen LogP contribution in [0, 0.1) is 0 Å². The number of primary amides is 1. The van der Waals surface area contributed by atoms with Crippen LogP contribution in [-0.2, 0) is 0 Å². The van der Waals surface area contributed by atoms with Crippen molar-refractivity contribution < 1.29 is 4.79 Å². The number of rotatable bonds is 2. The molecule has 1 aromatic carbocycles. The van der Waals surface area contributed by atoms with Gasteiger partial charge in [0, 0.05) is 5.56 Å². The molecule has 0 atom stereocenters. The lowest BCUT2D eigenvalue weighted by Crippen LogP contribution is -2.10. The lowest BCUT2D eigenvalue weighted by Gasteiger charge is -1.99. The van der Waals surface area contributed by atoms with Crippen LogP contribution in [-0.4, -0.2) is 5.91 Å². The standard InChI is InChI=1S/C10H11NO/c1-7(2)8-3-5-9(6-4-8)10(11)12/h3-6H,1H2,2H3,(H2,11,12). The maximum absolute atomic E-state index is 10.7. The highest BCUT2D eigenvalue weighted by molar-refractivity contribution is 5.93. The van der Waals surface area contributed by atoms with E-state index in [0.717, 1.165) is 11.1 Å². The molecule has 1 amide bonds. The van der Waals surface area contributed by atoms with Crippen molar-refractivity contribution in [2.24, 2.45) is 5.73 Å². The summed E-state index contributed by atoms with van der Waals surface area (Å²) in [5.41, 5.74) is 7.61. The zero-order chi connectivity index (χ0) is 9.14. The van der Waals surface area contributed by atoms with Gasteiger partial charge in [0.25, 0.3) is 0 Å². The van der Waals surface area contributed by atoms with Crippen LogP contribution in [0.1, 0.15) is 22.8 Å². The van der Waals surface area contributed by atoms with Crippen LogP contribution in [0.3, 0.4) is 0 Å². The van der Waals surface area contributed by atoms with E-state index in [2.05, 4.69) is 6.58 Å². The number of allylic oxidation sites excluding steroid dienone is 1. The Morgan fingerprint density at radius 2 is 1.67 bits per heavy atom. The SMILES string of the molecule is C=C(C)c1ccc(C(N)=O)cc1. The van der Waals surface area contributed by atoms with Crippen LogP contribution in [0.4, 0.5) is 0 Å². The minimum absolute atomic E-state index is 0.400. The van der Waals surface area contributed by atoms with Gasteiger partial charge >= 0.3 is 0 Å². The molecule has 0 saturated heterocycles. The van der Waals surface area contributed by atoms with Gasteiger partial charge in [-0.2, -0.15) is 0 Å². The van der Waals surface area contributed by atoms with Crippen molar-refractivity contribution in [3.05, 3.63) is 42.0 Å². The van der Waals surface area contributed by atoms with Crippen molar-refractivity contribution in [3.63, 3.8) is 0 Å². The van der Waals surface area contributed by atoms with Crippen molar-refractivity contribution >= 4 is 11.5 Å². The summed E-state index contributed by atoms with van der Waals surface area (Å²) in [6.07, 6.45) is 0. The predicted molar refractivity (Wildman–Crippen MR) is 49.7 cm³/mol. The first kappa shape index (κ1) is 8.53. The van der Waals surface area contributed by atoms with E-state index in [9.17, 15) is 4.79 Å². The van der Waals surface area contributed by atoms with Gasteiger partial charge in [-0.25, -0.2) is 0 Å². The summed E-state index contributed by atoms with van der Waals surface area (Å²) in [5, 5.41) is 0. The Balaban J connectivity index is 3.01. The maximum Gasteiger partial charge on any atom is 0.248 e. The average molecular weight is 161 g/mol. The number of carbonyl (C=O) groups is 1. The summed E-state index contributed by atoms with van der Waals surface area (Å²) < 4.78 is 0. The molecule has 0 spiro atoms. The highest BCUT2D eigenvalue weighted by Gasteiger charge is 1.98. The molecule has 0 aliphatic carbocycles. The minimum Gasteiger partial charge on any atom is -0.366 e. The van der Waals surface area contributed by atoms with Gasteiger partial charge in [0.2, 0.25) is 5.91 Å². The van der Waals surface area contributed by atoms with Crippen LogP contribution >= 0.6 is 0 Å². The molecule has 0 fully saturated rings. The number of benzene rings is 1. The van der Waals surface area contributed by atoms with Crippen LogP contribution < -0.4 is 5.73 Å². The molecular weight excluding hydrogens is 150 g/mol. The highest BCUT2D eigenvalue weighted by atomic mass is 16.1. The third-order valence-electron chi connectivity index (χ3n) is 1.66. The average Bonchev–Trinajstić information content (AvgIpc) is 2.04. The van der Waals surface area contributed by atoms with E-state index < -0.39 is 5.91 Å². The molecular formula is C10H11NO. The second-order valence-corrected chi connectivity index (χ2v) is 2.72. The Morgan fingerprint density at radius 1 is 1.25 bits per heavy atom. The molecule has 2 nitrogen and oxygen atoms in total. The monoisotopic (exact) mass is 161 g/mol.